The van der Waals surface area contributed by atoms with Crippen molar-refractivity contribution in [1.82, 2.24) is 4.57 Å². The van der Waals surface area contributed by atoms with Crippen molar-refractivity contribution in [2.45, 2.75) is 13.8 Å². The highest BCUT2D eigenvalue weighted by Crippen LogP contribution is 2.13. The van der Waals surface area contributed by atoms with Crippen LogP contribution in [0.1, 0.15) is 25.3 Å². The van der Waals surface area contributed by atoms with Crippen molar-refractivity contribution in [3.8, 4) is 0 Å². The molecule has 0 aromatic carbocycles. The van der Waals surface area contributed by atoms with Crippen LogP contribution in [0, 0.1) is 4.84 Å². The summed E-state index contributed by atoms with van der Waals surface area (Å²) in [6, 6.07) is 0. The Kier molecular flexibility index (Phi) is 5.07. The topological polar surface area (TPSA) is 18.1 Å². The van der Waals surface area contributed by atoms with Gasteiger partial charge in [0.2, 0.25) is 0 Å². The summed E-state index contributed by atoms with van der Waals surface area (Å²) >= 11 is 4.89. The maximum atomic E-state index is 5.17. The minimum Gasteiger partial charge on any atom is -0.429 e. The molecular weight excluding hydrogens is 182 g/mol. The number of aromatic nitrogens is 1. The summed E-state index contributed by atoms with van der Waals surface area (Å²) in [5, 5.41) is 0. The van der Waals surface area contributed by atoms with Crippen LogP contribution in [0.15, 0.2) is 17.6 Å². The molecule has 0 radical (unpaired) electrons. The van der Waals surface area contributed by atoms with E-state index in [-0.39, 0.29) is 0 Å². The maximum absolute atomic E-state index is 5.17. The average Bonchev–Trinajstić information content (AvgIpc) is 2.46. The lowest BCUT2D eigenvalue weighted by Crippen LogP contribution is -1.89. The van der Waals surface area contributed by atoms with Crippen LogP contribution >= 0.6 is 12.2 Å². The molecule has 1 aromatic heterocycles. The zero-order valence-electron chi connectivity index (χ0n) is 8.33. The molecule has 0 spiro atoms. The second-order valence-corrected chi connectivity index (χ2v) is 2.43. The Morgan fingerprint density at radius 3 is 2.15 bits per heavy atom. The first kappa shape index (κ1) is 11.9. The normalized spacial score (nSPS) is 8.54. The molecule has 0 aliphatic heterocycles. The van der Waals surface area contributed by atoms with Crippen LogP contribution in [0.25, 0.3) is 12.2 Å². The molecule has 2 nitrogen and oxygen atoms in total. The summed E-state index contributed by atoms with van der Waals surface area (Å²) in [5.41, 5.74) is 0.866. The Balaban J connectivity index is 0.000000671. The Morgan fingerprint density at radius 2 is 1.85 bits per heavy atom. The molecule has 72 valence electrons. The van der Waals surface area contributed by atoms with E-state index < -0.39 is 0 Å². The molecule has 0 fully saturated rings. The molecule has 1 aromatic rings. The van der Waals surface area contributed by atoms with Gasteiger partial charge in [-0.25, -0.2) is 0 Å². The van der Waals surface area contributed by atoms with Gasteiger partial charge < -0.3 is 8.98 Å². The van der Waals surface area contributed by atoms with Crippen molar-refractivity contribution < 1.29 is 4.42 Å². The van der Waals surface area contributed by atoms with Gasteiger partial charge in [0.15, 0.2) is 5.76 Å². The second-order valence-electron chi connectivity index (χ2n) is 2.08. The first-order valence-electron chi connectivity index (χ1n) is 4.15. The van der Waals surface area contributed by atoms with E-state index in [0.29, 0.717) is 10.6 Å². The van der Waals surface area contributed by atoms with E-state index in [0.717, 1.165) is 5.69 Å². The fourth-order valence-electron chi connectivity index (χ4n) is 0.862. The fraction of sp³-hybridized carbons (Fsp3) is 0.300. The van der Waals surface area contributed by atoms with E-state index in [1.807, 2.05) is 20.9 Å². The lowest BCUT2D eigenvalue weighted by molar-refractivity contribution is 0.515. The van der Waals surface area contributed by atoms with Crippen molar-refractivity contribution >= 4 is 24.4 Å². The highest BCUT2D eigenvalue weighted by molar-refractivity contribution is 7.71. The van der Waals surface area contributed by atoms with Gasteiger partial charge in [0.25, 0.3) is 4.84 Å². The number of rotatable bonds is 2. The summed E-state index contributed by atoms with van der Waals surface area (Å²) in [6.45, 7) is 11.2. The third-order valence-corrected chi connectivity index (χ3v) is 1.82. The van der Waals surface area contributed by atoms with Gasteiger partial charge in [-0.3, -0.25) is 0 Å². The summed E-state index contributed by atoms with van der Waals surface area (Å²) in [5.74, 6) is 0.674. The number of nitrogens with zero attached hydrogens (tertiary/aromatic N) is 1. The van der Waals surface area contributed by atoms with Gasteiger partial charge in [-0.05, 0) is 24.4 Å². The zero-order valence-corrected chi connectivity index (χ0v) is 9.15. The molecule has 0 atom stereocenters. The van der Waals surface area contributed by atoms with Crippen LogP contribution in [-0.2, 0) is 7.05 Å². The quantitative estimate of drug-likeness (QED) is 0.673. The van der Waals surface area contributed by atoms with Crippen LogP contribution in [-0.4, -0.2) is 4.57 Å². The van der Waals surface area contributed by atoms with E-state index in [2.05, 4.69) is 13.2 Å². The molecular formula is C10H15NOS. The van der Waals surface area contributed by atoms with Gasteiger partial charge in [0.1, 0.15) is 0 Å². The molecule has 3 heteroatoms. The predicted molar refractivity (Wildman–Crippen MR) is 60.0 cm³/mol. The molecule has 0 saturated carbocycles. The molecule has 0 aliphatic carbocycles. The fourth-order valence-corrected chi connectivity index (χ4v) is 1.05. The molecule has 1 heterocycles. The molecule has 0 amide bonds. The van der Waals surface area contributed by atoms with E-state index >= 15 is 0 Å². The van der Waals surface area contributed by atoms with Crippen molar-refractivity contribution in [1.29, 1.82) is 0 Å². The van der Waals surface area contributed by atoms with Crippen molar-refractivity contribution in [3.05, 3.63) is 29.4 Å². The number of oxazole rings is 1. The van der Waals surface area contributed by atoms with Gasteiger partial charge in [0.05, 0.1) is 5.69 Å². The van der Waals surface area contributed by atoms with Crippen LogP contribution in [0.5, 0.6) is 0 Å². The molecule has 0 N–H and O–H groups in total. The largest absolute Gasteiger partial charge is 0.429 e. The third kappa shape index (κ3) is 2.42. The van der Waals surface area contributed by atoms with Gasteiger partial charge in [-0.15, -0.1) is 0 Å². The minimum absolute atomic E-state index is 0.440. The van der Waals surface area contributed by atoms with Crippen LogP contribution in [0.2, 0.25) is 0 Å². The van der Waals surface area contributed by atoms with Gasteiger partial charge in [-0.2, -0.15) is 0 Å². The van der Waals surface area contributed by atoms with Crippen molar-refractivity contribution in [3.63, 3.8) is 0 Å². The Hall–Kier alpha value is -1.09. The van der Waals surface area contributed by atoms with Gasteiger partial charge in [0, 0.05) is 7.05 Å². The maximum Gasteiger partial charge on any atom is 0.269 e. The summed E-state index contributed by atoms with van der Waals surface area (Å²) < 4.78 is 6.92. The van der Waals surface area contributed by atoms with Crippen LogP contribution < -0.4 is 0 Å². The predicted octanol–water partition coefficient (Wildman–Crippen LogP) is 3.66. The zero-order chi connectivity index (χ0) is 10.4. The number of hydrogen-bond donors (Lipinski definition) is 0. The number of hydrogen-bond acceptors (Lipinski definition) is 2. The van der Waals surface area contributed by atoms with Crippen molar-refractivity contribution in [2.24, 2.45) is 7.05 Å². The third-order valence-electron chi connectivity index (χ3n) is 1.46. The van der Waals surface area contributed by atoms with E-state index in [1.54, 1.807) is 16.7 Å². The van der Waals surface area contributed by atoms with Crippen LogP contribution in [0.3, 0.4) is 0 Å². The smallest absolute Gasteiger partial charge is 0.269 e. The van der Waals surface area contributed by atoms with Gasteiger partial charge >= 0.3 is 0 Å². The molecule has 0 saturated heterocycles. The lowest BCUT2D eigenvalue weighted by atomic mass is 10.3. The molecule has 1 rings (SSSR count). The summed E-state index contributed by atoms with van der Waals surface area (Å²) in [6.07, 6.45) is 3.31. The van der Waals surface area contributed by atoms with E-state index in [1.165, 1.54) is 0 Å². The highest BCUT2D eigenvalue weighted by atomic mass is 32.1. The lowest BCUT2D eigenvalue weighted by Gasteiger charge is -1.91. The first-order chi connectivity index (χ1) is 6.20. The Morgan fingerprint density at radius 1 is 1.31 bits per heavy atom. The monoisotopic (exact) mass is 197 g/mol. The van der Waals surface area contributed by atoms with E-state index in [4.69, 9.17) is 16.6 Å². The minimum atomic E-state index is 0.440. The molecule has 0 unspecified atom stereocenters. The summed E-state index contributed by atoms with van der Waals surface area (Å²) in [7, 11) is 1.83. The first-order valence-corrected chi connectivity index (χ1v) is 4.56. The van der Waals surface area contributed by atoms with E-state index in [9.17, 15) is 0 Å². The Bertz CT molecular complexity index is 346. The van der Waals surface area contributed by atoms with Crippen LogP contribution in [0.4, 0.5) is 0 Å². The molecule has 0 aliphatic rings. The molecule has 0 bridgehead atoms. The molecule has 13 heavy (non-hydrogen) atoms. The second kappa shape index (κ2) is 5.54. The average molecular weight is 197 g/mol. The summed E-state index contributed by atoms with van der Waals surface area (Å²) in [4.78, 5) is 0.440. The van der Waals surface area contributed by atoms with Gasteiger partial charge in [-0.1, -0.05) is 27.0 Å². The Labute approximate surface area is 84.2 Å². The highest BCUT2D eigenvalue weighted by Gasteiger charge is 2.04. The SMILES string of the molecule is C=Cc1oc(=S)n(C)c1C=C.CC. The standard InChI is InChI=1S/C8H9NOS.C2H6/c1-4-6-7(5-2)10-8(11)9(6)3;1-2/h4-5H,1-2H2,3H3;1-2H3. The van der Waals surface area contributed by atoms with Crippen molar-refractivity contribution in [2.75, 3.05) is 0 Å².